The molecule has 0 aliphatic carbocycles. The number of hydrogen-bond donors (Lipinski definition) is 1. The molecule has 0 bridgehead atoms. The van der Waals surface area contributed by atoms with E-state index in [1.54, 1.807) is 18.3 Å². The molecule has 0 spiro atoms. The molecule has 2 aromatic carbocycles. The molecule has 2 saturated heterocycles. The first-order valence-corrected chi connectivity index (χ1v) is 12.3. The zero-order valence-corrected chi connectivity index (χ0v) is 19.3. The van der Waals surface area contributed by atoms with E-state index < -0.39 is 0 Å². The summed E-state index contributed by atoms with van der Waals surface area (Å²) in [5.74, 6) is 0.251. The largest absolute Gasteiger partial charge is 0.342 e. The number of para-hydroxylation sites is 1. The second-order valence-electron chi connectivity index (χ2n) is 8.89. The Morgan fingerprint density at radius 2 is 1.78 bits per heavy atom. The van der Waals surface area contributed by atoms with E-state index in [0.29, 0.717) is 6.54 Å². The fourth-order valence-electron chi connectivity index (χ4n) is 5.06. The molecule has 1 aromatic heterocycles. The molecule has 166 valence electrons. The first kappa shape index (κ1) is 21.2. The zero-order chi connectivity index (χ0) is 22.1. The summed E-state index contributed by atoms with van der Waals surface area (Å²) >= 11 is 1.56. The van der Waals surface area contributed by atoms with Gasteiger partial charge in [-0.1, -0.05) is 36.4 Å². The van der Waals surface area contributed by atoms with Crippen molar-refractivity contribution in [2.24, 2.45) is 0 Å². The average molecular weight is 448 g/mol. The molecule has 5 rings (SSSR count). The lowest BCUT2D eigenvalue weighted by Crippen LogP contribution is -2.25. The van der Waals surface area contributed by atoms with E-state index in [4.69, 9.17) is 0 Å². The topological polar surface area (TPSA) is 52.7 Å². The zero-order valence-electron chi connectivity index (χ0n) is 18.5. The van der Waals surface area contributed by atoms with Crippen LogP contribution in [0.2, 0.25) is 0 Å². The summed E-state index contributed by atoms with van der Waals surface area (Å²) in [6.07, 6.45) is 3.39. The normalized spacial score (nSPS) is 19.0. The van der Waals surface area contributed by atoms with Crippen molar-refractivity contribution in [3.05, 3.63) is 64.5 Å². The number of nitrogens with one attached hydrogen (secondary N) is 1. The van der Waals surface area contributed by atoms with Crippen molar-refractivity contribution in [2.45, 2.75) is 38.6 Å². The van der Waals surface area contributed by atoms with Gasteiger partial charge in [0.1, 0.15) is 0 Å². The van der Waals surface area contributed by atoms with Gasteiger partial charge < -0.3 is 10.2 Å². The molecule has 0 radical (unpaired) electrons. The second-order valence-corrected chi connectivity index (χ2v) is 9.94. The van der Waals surface area contributed by atoms with Gasteiger partial charge in [-0.05, 0) is 61.0 Å². The van der Waals surface area contributed by atoms with Crippen molar-refractivity contribution < 1.29 is 9.59 Å². The molecule has 1 N–H and O–H groups in total. The number of carbonyl (C=O) groups excluding carboxylic acids is 2. The summed E-state index contributed by atoms with van der Waals surface area (Å²) < 4.78 is 1.12. The number of fused-ring (bicyclic) bond motifs is 1. The molecule has 3 heterocycles. The van der Waals surface area contributed by atoms with Crippen molar-refractivity contribution in [2.75, 3.05) is 31.5 Å². The summed E-state index contributed by atoms with van der Waals surface area (Å²) in [4.78, 5) is 30.6. The van der Waals surface area contributed by atoms with Crippen LogP contribution in [0.3, 0.4) is 0 Å². The minimum Gasteiger partial charge on any atom is -0.342 e. The maximum absolute atomic E-state index is 13.6. The highest BCUT2D eigenvalue weighted by Crippen LogP contribution is 2.40. The van der Waals surface area contributed by atoms with Gasteiger partial charge in [-0.2, -0.15) is 0 Å². The Bertz CT molecular complexity index is 1150. The molecule has 2 fully saturated rings. The first-order valence-electron chi connectivity index (χ1n) is 11.5. The van der Waals surface area contributed by atoms with E-state index in [1.165, 1.54) is 12.8 Å². The van der Waals surface area contributed by atoms with Crippen LogP contribution in [0.25, 0.3) is 10.1 Å². The van der Waals surface area contributed by atoms with Crippen LogP contribution in [0.5, 0.6) is 0 Å². The van der Waals surface area contributed by atoms with Crippen molar-refractivity contribution in [1.29, 1.82) is 0 Å². The Kier molecular flexibility index (Phi) is 5.98. The summed E-state index contributed by atoms with van der Waals surface area (Å²) in [5.41, 5.74) is 3.16. The van der Waals surface area contributed by atoms with Gasteiger partial charge in [0.05, 0.1) is 4.88 Å². The predicted molar refractivity (Wildman–Crippen MR) is 130 cm³/mol. The Morgan fingerprint density at radius 1 is 1.03 bits per heavy atom. The molecule has 6 heteroatoms. The van der Waals surface area contributed by atoms with Crippen molar-refractivity contribution >= 4 is 38.9 Å². The van der Waals surface area contributed by atoms with Crippen LogP contribution in [-0.4, -0.2) is 47.8 Å². The number of amides is 2. The van der Waals surface area contributed by atoms with Crippen molar-refractivity contribution in [3.8, 4) is 0 Å². The lowest BCUT2D eigenvalue weighted by molar-refractivity contribution is -0.127. The minimum absolute atomic E-state index is 0.0450. The molecule has 0 saturated carbocycles. The SMILES string of the molecule is CC(=O)N1CCC(c2c(C(=O)Nc3ccccc3CN3CCCC3)sc3ccccc23)C1. The summed E-state index contributed by atoms with van der Waals surface area (Å²) in [5, 5.41) is 4.37. The molecule has 2 amide bonds. The van der Waals surface area contributed by atoms with Gasteiger partial charge in [-0.25, -0.2) is 0 Å². The number of nitrogens with zero attached hydrogens (tertiary/aromatic N) is 2. The van der Waals surface area contributed by atoms with E-state index in [2.05, 4.69) is 28.4 Å². The highest BCUT2D eigenvalue weighted by atomic mass is 32.1. The monoisotopic (exact) mass is 447 g/mol. The molecule has 5 nitrogen and oxygen atoms in total. The average Bonchev–Trinajstić information content (AvgIpc) is 3.54. The van der Waals surface area contributed by atoms with E-state index in [-0.39, 0.29) is 17.7 Å². The standard InChI is InChI=1S/C26H29N3O2S/c1-18(30)29-15-12-20(17-29)24-21-9-3-5-11-23(21)32-25(24)26(31)27-22-10-4-2-8-19(22)16-28-13-6-7-14-28/h2-5,8-11,20H,6-7,12-17H2,1H3,(H,27,31). The van der Waals surface area contributed by atoms with Crippen LogP contribution in [0.4, 0.5) is 5.69 Å². The van der Waals surface area contributed by atoms with Crippen LogP contribution >= 0.6 is 11.3 Å². The van der Waals surface area contributed by atoms with Gasteiger partial charge in [-0.15, -0.1) is 11.3 Å². The number of benzene rings is 2. The third-order valence-electron chi connectivity index (χ3n) is 6.74. The molecule has 1 unspecified atom stereocenters. The van der Waals surface area contributed by atoms with Gasteiger partial charge in [0, 0.05) is 42.9 Å². The van der Waals surface area contributed by atoms with Gasteiger partial charge >= 0.3 is 0 Å². The number of thiophene rings is 1. The molecule has 2 aliphatic heterocycles. The van der Waals surface area contributed by atoms with Crippen molar-refractivity contribution in [3.63, 3.8) is 0 Å². The third-order valence-corrected chi connectivity index (χ3v) is 7.93. The second kappa shape index (κ2) is 9.04. The smallest absolute Gasteiger partial charge is 0.266 e. The number of hydrogen-bond acceptors (Lipinski definition) is 4. The Labute approximate surface area is 193 Å². The number of carbonyl (C=O) groups is 2. The van der Waals surface area contributed by atoms with Crippen LogP contribution in [0.15, 0.2) is 48.5 Å². The van der Waals surface area contributed by atoms with Gasteiger partial charge in [-0.3, -0.25) is 14.5 Å². The van der Waals surface area contributed by atoms with Crippen LogP contribution in [0.1, 0.15) is 52.9 Å². The quantitative estimate of drug-likeness (QED) is 0.593. The lowest BCUT2D eigenvalue weighted by atomic mass is 9.95. The van der Waals surface area contributed by atoms with Crippen molar-refractivity contribution in [1.82, 2.24) is 9.80 Å². The van der Waals surface area contributed by atoms with Crippen LogP contribution < -0.4 is 5.32 Å². The molecule has 32 heavy (non-hydrogen) atoms. The van der Waals surface area contributed by atoms with E-state index in [0.717, 1.165) is 64.4 Å². The van der Waals surface area contributed by atoms with Crippen LogP contribution in [0, 0.1) is 0 Å². The predicted octanol–water partition coefficient (Wildman–Crippen LogP) is 5.09. The maximum Gasteiger partial charge on any atom is 0.266 e. The maximum atomic E-state index is 13.6. The molecular weight excluding hydrogens is 418 g/mol. The van der Waals surface area contributed by atoms with Gasteiger partial charge in [0.25, 0.3) is 5.91 Å². The Morgan fingerprint density at radius 3 is 2.56 bits per heavy atom. The fourth-order valence-corrected chi connectivity index (χ4v) is 6.25. The highest BCUT2D eigenvalue weighted by molar-refractivity contribution is 7.21. The van der Waals surface area contributed by atoms with E-state index in [9.17, 15) is 9.59 Å². The van der Waals surface area contributed by atoms with Gasteiger partial charge in [0.15, 0.2) is 0 Å². The van der Waals surface area contributed by atoms with Crippen LogP contribution in [-0.2, 0) is 11.3 Å². The lowest BCUT2D eigenvalue weighted by Gasteiger charge is -2.18. The molecular formula is C26H29N3O2S. The first-order chi connectivity index (χ1) is 15.6. The Hall–Kier alpha value is -2.70. The number of rotatable bonds is 5. The number of likely N-dealkylation sites (tertiary alicyclic amines) is 2. The van der Waals surface area contributed by atoms with Gasteiger partial charge in [0.2, 0.25) is 5.91 Å². The highest BCUT2D eigenvalue weighted by Gasteiger charge is 2.31. The number of anilines is 1. The van der Waals surface area contributed by atoms with E-state index >= 15 is 0 Å². The minimum atomic E-state index is -0.0450. The third kappa shape index (κ3) is 4.17. The fraction of sp³-hybridized carbons (Fsp3) is 0.385. The summed E-state index contributed by atoms with van der Waals surface area (Å²) in [6.45, 7) is 6.17. The van der Waals surface area contributed by atoms with E-state index in [1.807, 2.05) is 35.2 Å². The summed E-state index contributed by atoms with van der Waals surface area (Å²) in [7, 11) is 0. The summed E-state index contributed by atoms with van der Waals surface area (Å²) in [6, 6.07) is 16.4. The molecule has 3 aromatic rings. The Balaban J connectivity index is 1.45. The molecule has 1 atom stereocenters. The molecule has 2 aliphatic rings.